The summed E-state index contributed by atoms with van der Waals surface area (Å²) in [5.74, 6) is 0.397. The van der Waals surface area contributed by atoms with Crippen LogP contribution < -0.4 is 5.32 Å². The van der Waals surface area contributed by atoms with E-state index in [1.165, 1.54) is 49.7 Å². The summed E-state index contributed by atoms with van der Waals surface area (Å²) in [6.07, 6.45) is 8.79. The van der Waals surface area contributed by atoms with Crippen molar-refractivity contribution in [3.63, 3.8) is 0 Å². The lowest BCUT2D eigenvalue weighted by Gasteiger charge is -2.32. The van der Waals surface area contributed by atoms with Gasteiger partial charge in [-0.3, -0.25) is 0 Å². The van der Waals surface area contributed by atoms with E-state index >= 15 is 0 Å². The fourth-order valence-corrected chi connectivity index (χ4v) is 3.35. The molecule has 0 heterocycles. The molecule has 1 aliphatic carbocycles. The molecular formula is C19H31NO. The van der Waals surface area contributed by atoms with E-state index in [0.717, 1.165) is 13.0 Å². The van der Waals surface area contributed by atoms with Crippen LogP contribution in [0.2, 0.25) is 0 Å². The summed E-state index contributed by atoms with van der Waals surface area (Å²) in [5, 5.41) is 13.4. The van der Waals surface area contributed by atoms with Crippen LogP contribution in [0, 0.1) is 5.41 Å². The van der Waals surface area contributed by atoms with Gasteiger partial charge in [0.05, 0.1) is 0 Å². The van der Waals surface area contributed by atoms with Gasteiger partial charge in [-0.15, -0.1) is 0 Å². The second kappa shape index (κ2) is 7.31. The third kappa shape index (κ3) is 4.74. The van der Waals surface area contributed by atoms with Crippen molar-refractivity contribution in [1.29, 1.82) is 0 Å². The van der Waals surface area contributed by atoms with Crippen LogP contribution in [0.1, 0.15) is 76.5 Å². The third-order valence-corrected chi connectivity index (χ3v) is 4.73. The molecule has 118 valence electrons. The molecule has 21 heavy (non-hydrogen) atoms. The topological polar surface area (TPSA) is 32.3 Å². The van der Waals surface area contributed by atoms with Crippen molar-refractivity contribution >= 4 is 0 Å². The zero-order valence-corrected chi connectivity index (χ0v) is 13.9. The Morgan fingerprint density at radius 3 is 2.86 bits per heavy atom. The smallest absolute Gasteiger partial charge is 0.115 e. The van der Waals surface area contributed by atoms with Gasteiger partial charge < -0.3 is 10.4 Å². The fraction of sp³-hybridized carbons (Fsp3) is 0.684. The molecule has 2 N–H and O–H groups in total. The summed E-state index contributed by atoms with van der Waals surface area (Å²) < 4.78 is 0. The molecule has 0 aromatic heterocycles. The summed E-state index contributed by atoms with van der Waals surface area (Å²) in [4.78, 5) is 0. The first-order valence-electron chi connectivity index (χ1n) is 8.57. The van der Waals surface area contributed by atoms with Gasteiger partial charge in [0.15, 0.2) is 0 Å². The van der Waals surface area contributed by atoms with Crippen molar-refractivity contribution in [1.82, 2.24) is 5.32 Å². The van der Waals surface area contributed by atoms with Gasteiger partial charge in [-0.25, -0.2) is 0 Å². The number of nitrogens with one attached hydrogen (secondary N) is 1. The van der Waals surface area contributed by atoms with Gasteiger partial charge in [0.25, 0.3) is 0 Å². The van der Waals surface area contributed by atoms with Crippen molar-refractivity contribution in [2.75, 3.05) is 6.54 Å². The van der Waals surface area contributed by atoms with E-state index in [4.69, 9.17) is 0 Å². The number of rotatable bonds is 7. The fourth-order valence-electron chi connectivity index (χ4n) is 3.35. The number of unbranched alkanes of at least 4 members (excludes halogenated alkanes) is 2. The van der Waals surface area contributed by atoms with Crippen LogP contribution in [0.5, 0.6) is 5.75 Å². The predicted octanol–water partition coefficient (Wildman–Crippen LogP) is 4.97. The van der Waals surface area contributed by atoms with Crippen LogP contribution in [-0.4, -0.2) is 11.7 Å². The van der Waals surface area contributed by atoms with E-state index in [1.54, 1.807) is 0 Å². The molecule has 0 radical (unpaired) electrons. The van der Waals surface area contributed by atoms with Crippen LogP contribution in [0.3, 0.4) is 0 Å². The molecular weight excluding hydrogens is 258 g/mol. The van der Waals surface area contributed by atoms with Gasteiger partial charge in [-0.05, 0) is 54.4 Å². The lowest BCUT2D eigenvalue weighted by Crippen LogP contribution is -2.34. The number of aryl methyl sites for hydroxylation is 1. The first-order valence-corrected chi connectivity index (χ1v) is 8.57. The van der Waals surface area contributed by atoms with Crippen molar-refractivity contribution < 1.29 is 5.11 Å². The standard InChI is InChI=1S/C19H31NO/c1-4-5-6-12-19(2,3)14-20-18-9-7-8-15-13-16(21)10-11-17(15)18/h10-11,13,18,20-21H,4-9,12,14H2,1-3H3. The monoisotopic (exact) mass is 289 g/mol. The minimum Gasteiger partial charge on any atom is -0.508 e. The highest BCUT2D eigenvalue weighted by Crippen LogP contribution is 2.33. The summed E-state index contributed by atoms with van der Waals surface area (Å²) >= 11 is 0. The Balaban J connectivity index is 1.92. The molecule has 2 heteroatoms. The molecule has 0 fully saturated rings. The van der Waals surface area contributed by atoms with Gasteiger partial charge in [0, 0.05) is 12.6 Å². The predicted molar refractivity (Wildman–Crippen MR) is 89.7 cm³/mol. The molecule has 0 amide bonds. The molecule has 0 aliphatic heterocycles. The highest BCUT2D eigenvalue weighted by atomic mass is 16.3. The number of aromatic hydroxyl groups is 1. The van der Waals surface area contributed by atoms with Gasteiger partial charge in [0.2, 0.25) is 0 Å². The highest BCUT2D eigenvalue weighted by molar-refractivity contribution is 5.38. The number of hydrogen-bond donors (Lipinski definition) is 2. The molecule has 1 atom stereocenters. The van der Waals surface area contributed by atoms with Crippen LogP contribution >= 0.6 is 0 Å². The van der Waals surface area contributed by atoms with E-state index in [0.29, 0.717) is 17.2 Å². The van der Waals surface area contributed by atoms with Gasteiger partial charge in [-0.1, -0.05) is 46.1 Å². The van der Waals surface area contributed by atoms with E-state index < -0.39 is 0 Å². The normalized spacial score (nSPS) is 18.5. The second-order valence-corrected chi connectivity index (χ2v) is 7.33. The average Bonchev–Trinajstić information content (AvgIpc) is 2.45. The van der Waals surface area contributed by atoms with Crippen LogP contribution in [0.25, 0.3) is 0 Å². The molecule has 1 aliphatic rings. The van der Waals surface area contributed by atoms with Crippen LogP contribution in [0.4, 0.5) is 0 Å². The van der Waals surface area contributed by atoms with E-state index in [9.17, 15) is 5.11 Å². The van der Waals surface area contributed by atoms with E-state index in [1.807, 2.05) is 12.1 Å². The Bertz CT molecular complexity index is 453. The molecule has 2 rings (SSSR count). The largest absolute Gasteiger partial charge is 0.508 e. The zero-order chi connectivity index (χ0) is 15.3. The molecule has 1 unspecified atom stereocenters. The Kier molecular flexibility index (Phi) is 5.69. The number of phenols is 1. The van der Waals surface area contributed by atoms with Gasteiger partial charge in [0.1, 0.15) is 5.75 Å². The summed E-state index contributed by atoms with van der Waals surface area (Å²) in [5.41, 5.74) is 3.08. The zero-order valence-electron chi connectivity index (χ0n) is 13.9. The molecule has 2 nitrogen and oxygen atoms in total. The molecule has 0 saturated carbocycles. The lowest BCUT2D eigenvalue weighted by atomic mass is 9.84. The highest BCUT2D eigenvalue weighted by Gasteiger charge is 2.23. The second-order valence-electron chi connectivity index (χ2n) is 7.33. The van der Waals surface area contributed by atoms with Crippen molar-refractivity contribution in [2.45, 2.75) is 71.8 Å². The van der Waals surface area contributed by atoms with Crippen LogP contribution in [0.15, 0.2) is 18.2 Å². The number of fused-ring (bicyclic) bond motifs is 1. The Morgan fingerprint density at radius 1 is 1.29 bits per heavy atom. The van der Waals surface area contributed by atoms with E-state index in [-0.39, 0.29) is 0 Å². The first kappa shape index (κ1) is 16.4. The quantitative estimate of drug-likeness (QED) is 0.695. The van der Waals surface area contributed by atoms with Crippen molar-refractivity contribution in [2.24, 2.45) is 5.41 Å². The molecule has 0 saturated heterocycles. The Morgan fingerprint density at radius 2 is 2.10 bits per heavy atom. The lowest BCUT2D eigenvalue weighted by molar-refractivity contribution is 0.280. The number of benzene rings is 1. The molecule has 1 aromatic carbocycles. The maximum absolute atomic E-state index is 9.63. The minimum atomic E-state index is 0.365. The minimum absolute atomic E-state index is 0.365. The van der Waals surface area contributed by atoms with Crippen LogP contribution in [-0.2, 0) is 6.42 Å². The maximum atomic E-state index is 9.63. The third-order valence-electron chi connectivity index (χ3n) is 4.73. The van der Waals surface area contributed by atoms with Gasteiger partial charge in [-0.2, -0.15) is 0 Å². The SMILES string of the molecule is CCCCCC(C)(C)CNC1CCCc2cc(O)ccc21. The molecule has 0 spiro atoms. The number of hydrogen-bond acceptors (Lipinski definition) is 2. The average molecular weight is 289 g/mol. The summed E-state index contributed by atoms with van der Waals surface area (Å²) in [6.45, 7) is 8.08. The summed E-state index contributed by atoms with van der Waals surface area (Å²) in [6, 6.07) is 6.33. The molecule has 0 bridgehead atoms. The Labute approximate surface area is 130 Å². The van der Waals surface area contributed by atoms with E-state index in [2.05, 4.69) is 32.2 Å². The summed E-state index contributed by atoms with van der Waals surface area (Å²) in [7, 11) is 0. The molecule has 1 aromatic rings. The van der Waals surface area contributed by atoms with Crippen molar-refractivity contribution in [3.8, 4) is 5.75 Å². The Hall–Kier alpha value is -1.02. The maximum Gasteiger partial charge on any atom is 0.115 e. The first-order chi connectivity index (χ1) is 10.0. The van der Waals surface area contributed by atoms with Crippen molar-refractivity contribution in [3.05, 3.63) is 29.3 Å². The number of phenolic OH excluding ortho intramolecular Hbond substituents is 1. The van der Waals surface area contributed by atoms with Gasteiger partial charge >= 0.3 is 0 Å².